The molecule has 2 heterocycles. The van der Waals surface area contributed by atoms with Crippen molar-refractivity contribution in [2.24, 2.45) is 0 Å². The van der Waals surface area contributed by atoms with Crippen LogP contribution in [0, 0.1) is 0 Å². The highest BCUT2D eigenvalue weighted by Gasteiger charge is 2.36. The lowest BCUT2D eigenvalue weighted by Gasteiger charge is -2.11. The average Bonchev–Trinajstić information content (AvgIpc) is 3.00. The number of aromatic amines is 1. The summed E-state index contributed by atoms with van der Waals surface area (Å²) in [4.78, 5) is 3.26. The van der Waals surface area contributed by atoms with E-state index in [1.807, 2.05) is 42.6 Å². The Morgan fingerprint density at radius 1 is 1.15 bits per heavy atom. The Labute approximate surface area is 124 Å². The maximum absolute atomic E-state index is 10.0. The fraction of sp³-hybridized carbons (Fsp3) is 0.0667. The maximum atomic E-state index is 10.0. The van der Waals surface area contributed by atoms with Crippen LogP contribution in [0.2, 0.25) is 0 Å². The quantitative estimate of drug-likeness (QED) is 0.675. The van der Waals surface area contributed by atoms with E-state index in [-0.39, 0.29) is 6.10 Å². The van der Waals surface area contributed by atoms with Crippen molar-refractivity contribution in [3.8, 4) is 0 Å². The Morgan fingerprint density at radius 3 is 2.90 bits per heavy atom. The molecule has 0 radical (unpaired) electrons. The number of aromatic nitrogens is 1. The third-order valence-corrected chi connectivity index (χ3v) is 4.26. The van der Waals surface area contributed by atoms with Gasteiger partial charge in [0.1, 0.15) is 0 Å². The third-order valence-electron chi connectivity index (χ3n) is 3.77. The zero-order valence-electron chi connectivity index (χ0n) is 10.5. The molecule has 2 aromatic carbocycles. The van der Waals surface area contributed by atoms with Crippen molar-refractivity contribution < 1.29 is 9.68 Å². The standard InChI is InChI=1S/C15H11BBrNO2/c17-9-5-6-14-11(7-9)12(8-18-14)15-10-3-1-2-4-13(10)16(19)20-15/h1-8,15,18-19H. The minimum absolute atomic E-state index is 0.232. The maximum Gasteiger partial charge on any atom is 0.492 e. The first-order chi connectivity index (χ1) is 9.74. The lowest BCUT2D eigenvalue weighted by atomic mass is 9.79. The van der Waals surface area contributed by atoms with Crippen LogP contribution in [0.1, 0.15) is 17.2 Å². The Bertz CT molecular complexity index is 801. The summed E-state index contributed by atoms with van der Waals surface area (Å²) in [5, 5.41) is 11.1. The molecule has 0 bridgehead atoms. The van der Waals surface area contributed by atoms with Crippen molar-refractivity contribution in [3.63, 3.8) is 0 Å². The fourth-order valence-corrected chi connectivity index (χ4v) is 3.18. The van der Waals surface area contributed by atoms with Crippen LogP contribution in [0.5, 0.6) is 0 Å². The van der Waals surface area contributed by atoms with Gasteiger partial charge in [-0.25, -0.2) is 0 Å². The number of halogens is 1. The van der Waals surface area contributed by atoms with Crippen LogP contribution in [0.25, 0.3) is 10.9 Å². The predicted octanol–water partition coefficient (Wildman–Crippen LogP) is 2.74. The zero-order chi connectivity index (χ0) is 13.7. The summed E-state index contributed by atoms with van der Waals surface area (Å²) in [7, 11) is -0.853. The van der Waals surface area contributed by atoms with Gasteiger partial charge in [0.25, 0.3) is 0 Å². The van der Waals surface area contributed by atoms with Gasteiger partial charge >= 0.3 is 7.12 Å². The van der Waals surface area contributed by atoms with Crippen molar-refractivity contribution in [1.82, 2.24) is 4.98 Å². The van der Waals surface area contributed by atoms with Crippen LogP contribution in [0.15, 0.2) is 53.1 Å². The van der Waals surface area contributed by atoms with E-state index in [4.69, 9.17) is 4.65 Å². The monoisotopic (exact) mass is 327 g/mol. The first-order valence-electron chi connectivity index (χ1n) is 6.43. The summed E-state index contributed by atoms with van der Waals surface area (Å²) < 4.78 is 6.77. The van der Waals surface area contributed by atoms with E-state index in [1.54, 1.807) is 0 Å². The van der Waals surface area contributed by atoms with E-state index in [0.29, 0.717) is 0 Å². The number of benzene rings is 2. The second-order valence-electron chi connectivity index (χ2n) is 4.93. The predicted molar refractivity (Wildman–Crippen MR) is 83.0 cm³/mol. The van der Waals surface area contributed by atoms with Gasteiger partial charge in [-0.2, -0.15) is 0 Å². The molecule has 3 nitrogen and oxygen atoms in total. The molecule has 0 fully saturated rings. The van der Waals surface area contributed by atoms with Crippen molar-refractivity contribution in [2.45, 2.75) is 6.10 Å². The zero-order valence-corrected chi connectivity index (χ0v) is 12.1. The number of rotatable bonds is 1. The van der Waals surface area contributed by atoms with Gasteiger partial charge in [-0.05, 0) is 29.2 Å². The van der Waals surface area contributed by atoms with Crippen molar-refractivity contribution >= 4 is 39.4 Å². The second kappa shape index (κ2) is 4.48. The smallest absolute Gasteiger partial charge is 0.423 e. The van der Waals surface area contributed by atoms with E-state index in [9.17, 15) is 5.02 Å². The van der Waals surface area contributed by atoms with Crippen LogP contribution < -0.4 is 5.46 Å². The topological polar surface area (TPSA) is 45.2 Å². The van der Waals surface area contributed by atoms with E-state index < -0.39 is 7.12 Å². The molecule has 3 aromatic rings. The van der Waals surface area contributed by atoms with Crippen LogP contribution in [0.3, 0.4) is 0 Å². The normalized spacial score (nSPS) is 17.7. The fourth-order valence-electron chi connectivity index (χ4n) is 2.82. The molecule has 1 aliphatic rings. The Kier molecular flexibility index (Phi) is 2.74. The number of hydrogen-bond acceptors (Lipinski definition) is 2. The Hall–Kier alpha value is -1.56. The van der Waals surface area contributed by atoms with Crippen molar-refractivity contribution in [3.05, 3.63) is 64.3 Å². The van der Waals surface area contributed by atoms with Gasteiger partial charge in [-0.1, -0.05) is 40.2 Å². The van der Waals surface area contributed by atoms with Crippen molar-refractivity contribution in [1.29, 1.82) is 0 Å². The van der Waals surface area contributed by atoms with Gasteiger partial charge < -0.3 is 14.7 Å². The van der Waals surface area contributed by atoms with Crippen LogP contribution >= 0.6 is 15.9 Å². The molecule has 1 aromatic heterocycles. The Balaban J connectivity index is 1.91. The molecule has 0 aliphatic carbocycles. The lowest BCUT2D eigenvalue weighted by Crippen LogP contribution is -2.27. The summed E-state index contributed by atoms with van der Waals surface area (Å²) in [5.41, 5.74) is 3.98. The van der Waals surface area contributed by atoms with E-state index >= 15 is 0 Å². The van der Waals surface area contributed by atoms with Crippen LogP contribution in [-0.2, 0) is 4.65 Å². The molecular formula is C15H11BBrNO2. The summed E-state index contributed by atoms with van der Waals surface area (Å²) in [6.07, 6.45) is 1.72. The minimum Gasteiger partial charge on any atom is -0.423 e. The largest absolute Gasteiger partial charge is 0.492 e. The molecule has 1 aliphatic heterocycles. The summed E-state index contributed by atoms with van der Waals surface area (Å²) in [6, 6.07) is 13.9. The average molecular weight is 328 g/mol. The van der Waals surface area contributed by atoms with E-state index in [0.717, 1.165) is 32.0 Å². The number of nitrogens with one attached hydrogen (secondary N) is 1. The molecule has 0 saturated heterocycles. The highest BCUT2D eigenvalue weighted by Crippen LogP contribution is 2.35. The van der Waals surface area contributed by atoms with Gasteiger partial charge in [0.2, 0.25) is 0 Å². The van der Waals surface area contributed by atoms with E-state index in [2.05, 4.69) is 27.0 Å². The molecule has 4 rings (SSSR count). The molecule has 98 valence electrons. The minimum atomic E-state index is -0.853. The second-order valence-corrected chi connectivity index (χ2v) is 5.85. The molecule has 5 heteroatoms. The van der Waals surface area contributed by atoms with Gasteiger partial charge in [0, 0.05) is 27.1 Å². The molecule has 0 spiro atoms. The molecule has 20 heavy (non-hydrogen) atoms. The first-order valence-corrected chi connectivity index (χ1v) is 7.22. The molecule has 2 N–H and O–H groups in total. The first kappa shape index (κ1) is 12.2. The summed E-state index contributed by atoms with van der Waals surface area (Å²) in [6.45, 7) is 0. The lowest BCUT2D eigenvalue weighted by molar-refractivity contribution is 0.228. The van der Waals surface area contributed by atoms with E-state index in [1.165, 1.54) is 0 Å². The molecule has 0 saturated carbocycles. The summed E-state index contributed by atoms with van der Waals surface area (Å²) >= 11 is 3.50. The highest BCUT2D eigenvalue weighted by molar-refractivity contribution is 9.10. The number of H-pyrrole nitrogens is 1. The molecule has 0 amide bonds. The van der Waals surface area contributed by atoms with Crippen LogP contribution in [-0.4, -0.2) is 17.1 Å². The van der Waals surface area contributed by atoms with Gasteiger partial charge in [-0.3, -0.25) is 0 Å². The number of hydrogen-bond donors (Lipinski definition) is 2. The third kappa shape index (κ3) is 1.74. The number of fused-ring (bicyclic) bond motifs is 2. The SMILES string of the molecule is OB1OC(c2c[nH]c3ccc(Br)cc23)c2ccccc21. The van der Waals surface area contributed by atoms with Gasteiger partial charge in [-0.15, -0.1) is 0 Å². The van der Waals surface area contributed by atoms with Crippen LogP contribution in [0.4, 0.5) is 0 Å². The molecule has 1 unspecified atom stereocenters. The summed E-state index contributed by atoms with van der Waals surface area (Å²) in [5.74, 6) is 0. The van der Waals surface area contributed by atoms with Gasteiger partial charge in [0.05, 0.1) is 6.10 Å². The Morgan fingerprint density at radius 2 is 2.00 bits per heavy atom. The van der Waals surface area contributed by atoms with Crippen molar-refractivity contribution in [2.75, 3.05) is 0 Å². The molecule has 1 atom stereocenters. The highest BCUT2D eigenvalue weighted by atomic mass is 79.9. The molecular weight excluding hydrogens is 317 g/mol. The van der Waals surface area contributed by atoms with Gasteiger partial charge in [0.15, 0.2) is 0 Å².